The fraction of sp³-hybridized carbons (Fsp3) is 0.273. The summed E-state index contributed by atoms with van der Waals surface area (Å²) >= 11 is 1.75. The number of nitrogens with two attached hydrogens (primary N) is 1. The van der Waals surface area contributed by atoms with Crippen LogP contribution in [0, 0.1) is 0 Å². The molecule has 0 aliphatic carbocycles. The average molecular weight is 220 g/mol. The molecule has 78 valence electrons. The molecule has 0 saturated carbocycles. The van der Waals surface area contributed by atoms with Crippen LogP contribution in [0.15, 0.2) is 28.2 Å². The molecule has 1 unspecified atom stereocenters. The molecule has 3 N–H and O–H groups in total. The second-order valence-electron chi connectivity index (χ2n) is 3.70. The van der Waals surface area contributed by atoms with Crippen LogP contribution in [-0.2, 0) is 6.54 Å². The van der Waals surface area contributed by atoms with E-state index in [2.05, 4.69) is 10.7 Å². The summed E-state index contributed by atoms with van der Waals surface area (Å²) in [6.07, 6.45) is 1.70. The molecule has 2 aromatic heterocycles. The molecular formula is C11H12N2OS. The highest BCUT2D eigenvalue weighted by Gasteiger charge is 2.23. The normalized spacial score (nSPS) is 20.2. The summed E-state index contributed by atoms with van der Waals surface area (Å²) in [5, 5.41) is 5.44. The van der Waals surface area contributed by atoms with Crippen molar-refractivity contribution in [3.05, 3.63) is 34.2 Å². The van der Waals surface area contributed by atoms with E-state index in [1.165, 1.54) is 10.4 Å². The first-order valence-electron chi connectivity index (χ1n) is 4.96. The molecule has 0 fully saturated rings. The second kappa shape index (κ2) is 3.48. The first-order chi connectivity index (χ1) is 7.36. The molecule has 1 atom stereocenters. The quantitative estimate of drug-likeness (QED) is 0.774. The van der Waals surface area contributed by atoms with E-state index in [4.69, 9.17) is 10.2 Å². The van der Waals surface area contributed by atoms with Gasteiger partial charge >= 0.3 is 0 Å². The minimum Gasteiger partial charge on any atom is -0.464 e. The maximum Gasteiger partial charge on any atom is 0.135 e. The number of furan rings is 1. The van der Waals surface area contributed by atoms with Gasteiger partial charge in [-0.05, 0) is 17.7 Å². The molecule has 3 heterocycles. The van der Waals surface area contributed by atoms with Crippen molar-refractivity contribution in [3.63, 3.8) is 0 Å². The lowest BCUT2D eigenvalue weighted by Crippen LogP contribution is -2.32. The van der Waals surface area contributed by atoms with Crippen LogP contribution >= 0.6 is 11.3 Å². The maximum atomic E-state index is 6.10. The van der Waals surface area contributed by atoms with Crippen molar-refractivity contribution in [2.45, 2.75) is 12.6 Å². The zero-order valence-corrected chi connectivity index (χ0v) is 9.01. The Bertz CT molecular complexity index is 461. The Morgan fingerprint density at radius 2 is 2.47 bits per heavy atom. The van der Waals surface area contributed by atoms with Gasteiger partial charge < -0.3 is 15.5 Å². The molecule has 1 aliphatic heterocycles. The van der Waals surface area contributed by atoms with Crippen molar-refractivity contribution >= 4 is 11.3 Å². The summed E-state index contributed by atoms with van der Waals surface area (Å²) in [7, 11) is 0. The van der Waals surface area contributed by atoms with Gasteiger partial charge in [-0.15, -0.1) is 11.3 Å². The Balaban J connectivity index is 2.14. The Morgan fingerprint density at radius 3 is 3.27 bits per heavy atom. The van der Waals surface area contributed by atoms with Crippen molar-refractivity contribution in [1.82, 2.24) is 5.32 Å². The van der Waals surface area contributed by atoms with Crippen LogP contribution in [0.4, 0.5) is 0 Å². The van der Waals surface area contributed by atoms with Crippen molar-refractivity contribution in [1.29, 1.82) is 0 Å². The van der Waals surface area contributed by atoms with Gasteiger partial charge in [0.2, 0.25) is 0 Å². The van der Waals surface area contributed by atoms with Crippen LogP contribution < -0.4 is 11.1 Å². The number of thiophene rings is 1. The van der Waals surface area contributed by atoms with Gasteiger partial charge in [0.1, 0.15) is 5.76 Å². The largest absolute Gasteiger partial charge is 0.464 e. The van der Waals surface area contributed by atoms with E-state index >= 15 is 0 Å². The highest BCUT2D eigenvalue weighted by atomic mass is 32.1. The monoisotopic (exact) mass is 220 g/mol. The minimum absolute atomic E-state index is 0.0834. The summed E-state index contributed by atoms with van der Waals surface area (Å²) < 4.78 is 5.42. The van der Waals surface area contributed by atoms with Crippen molar-refractivity contribution in [2.75, 3.05) is 6.54 Å². The van der Waals surface area contributed by atoms with Crippen LogP contribution in [0.2, 0.25) is 0 Å². The predicted octanol–water partition coefficient (Wildman–Crippen LogP) is 2.11. The van der Waals surface area contributed by atoms with Crippen LogP contribution in [-0.4, -0.2) is 6.54 Å². The molecule has 0 amide bonds. The highest BCUT2D eigenvalue weighted by molar-refractivity contribution is 7.10. The lowest BCUT2D eigenvalue weighted by molar-refractivity contribution is 0.555. The molecule has 0 saturated heterocycles. The number of fused-ring (bicyclic) bond motifs is 1. The molecular weight excluding hydrogens is 208 g/mol. The SMILES string of the molecule is NC1CNCc2scc(-c3ccco3)c21. The van der Waals surface area contributed by atoms with Crippen molar-refractivity contribution in [2.24, 2.45) is 5.73 Å². The summed E-state index contributed by atoms with van der Waals surface area (Å²) in [6.45, 7) is 1.77. The van der Waals surface area contributed by atoms with Gasteiger partial charge in [0, 0.05) is 35.0 Å². The third kappa shape index (κ3) is 1.42. The van der Waals surface area contributed by atoms with Gasteiger partial charge in [-0.2, -0.15) is 0 Å². The fourth-order valence-corrected chi connectivity index (χ4v) is 3.09. The molecule has 1 aliphatic rings. The minimum atomic E-state index is 0.0834. The van der Waals surface area contributed by atoms with Gasteiger partial charge in [0.25, 0.3) is 0 Å². The molecule has 0 aromatic carbocycles. The van der Waals surface area contributed by atoms with Gasteiger partial charge in [0.15, 0.2) is 0 Å². The second-order valence-corrected chi connectivity index (χ2v) is 4.67. The van der Waals surface area contributed by atoms with Crippen molar-refractivity contribution < 1.29 is 4.42 Å². The van der Waals surface area contributed by atoms with Gasteiger partial charge in [-0.1, -0.05) is 0 Å². The highest BCUT2D eigenvalue weighted by Crippen LogP contribution is 2.36. The first-order valence-corrected chi connectivity index (χ1v) is 5.84. The third-order valence-corrected chi connectivity index (χ3v) is 3.72. The Labute approximate surface area is 91.9 Å². The molecule has 0 spiro atoms. The summed E-state index contributed by atoms with van der Waals surface area (Å²) in [6, 6.07) is 3.98. The number of rotatable bonds is 1. The Hall–Kier alpha value is -1.10. The Morgan fingerprint density at radius 1 is 1.53 bits per heavy atom. The van der Waals surface area contributed by atoms with E-state index in [1.54, 1.807) is 17.6 Å². The molecule has 3 nitrogen and oxygen atoms in total. The van der Waals surface area contributed by atoms with Crippen LogP contribution in [0.3, 0.4) is 0 Å². The van der Waals surface area contributed by atoms with Gasteiger partial charge in [0.05, 0.1) is 6.26 Å². The van der Waals surface area contributed by atoms with E-state index in [1.807, 2.05) is 12.1 Å². The smallest absolute Gasteiger partial charge is 0.135 e. The third-order valence-electron chi connectivity index (χ3n) is 2.72. The van der Waals surface area contributed by atoms with Gasteiger partial charge in [-0.3, -0.25) is 0 Å². The van der Waals surface area contributed by atoms with E-state index in [9.17, 15) is 0 Å². The molecule has 15 heavy (non-hydrogen) atoms. The zero-order valence-electron chi connectivity index (χ0n) is 8.19. The number of hydrogen-bond acceptors (Lipinski definition) is 4. The number of hydrogen-bond donors (Lipinski definition) is 2. The topological polar surface area (TPSA) is 51.2 Å². The van der Waals surface area contributed by atoms with Gasteiger partial charge in [-0.25, -0.2) is 0 Å². The van der Waals surface area contributed by atoms with Crippen LogP contribution in [0.5, 0.6) is 0 Å². The summed E-state index contributed by atoms with van der Waals surface area (Å²) in [4.78, 5) is 1.33. The van der Waals surface area contributed by atoms with Crippen LogP contribution in [0.1, 0.15) is 16.5 Å². The average Bonchev–Trinajstić information content (AvgIpc) is 2.85. The molecule has 0 bridgehead atoms. The fourth-order valence-electron chi connectivity index (χ4n) is 2.02. The lowest BCUT2D eigenvalue weighted by Gasteiger charge is -2.20. The zero-order chi connectivity index (χ0) is 10.3. The maximum absolute atomic E-state index is 6.10. The van der Waals surface area contributed by atoms with Crippen LogP contribution in [0.25, 0.3) is 11.3 Å². The molecule has 4 heteroatoms. The summed E-state index contributed by atoms with van der Waals surface area (Å²) in [5.41, 5.74) is 8.52. The standard InChI is InChI=1S/C11H12N2OS/c12-8-4-13-5-10-11(8)7(6-15-10)9-2-1-3-14-9/h1-3,6,8,13H,4-5,12H2. The summed E-state index contributed by atoms with van der Waals surface area (Å²) in [5.74, 6) is 0.921. The molecule has 3 rings (SSSR count). The van der Waals surface area contributed by atoms with E-state index in [0.717, 1.165) is 24.4 Å². The van der Waals surface area contributed by atoms with E-state index in [-0.39, 0.29) is 6.04 Å². The van der Waals surface area contributed by atoms with E-state index in [0.29, 0.717) is 0 Å². The van der Waals surface area contributed by atoms with E-state index < -0.39 is 0 Å². The number of nitrogens with one attached hydrogen (secondary N) is 1. The van der Waals surface area contributed by atoms with Crippen molar-refractivity contribution in [3.8, 4) is 11.3 Å². The predicted molar refractivity (Wildman–Crippen MR) is 60.7 cm³/mol. The molecule has 2 aromatic rings. The first kappa shape index (κ1) is 9.15. The molecule has 0 radical (unpaired) electrons. The Kier molecular flexibility index (Phi) is 2.12. The lowest BCUT2D eigenvalue weighted by atomic mass is 9.99.